The van der Waals surface area contributed by atoms with Crippen LogP contribution in [0.25, 0.3) is 0 Å². The van der Waals surface area contributed by atoms with Gasteiger partial charge in [-0.3, -0.25) is 0 Å². The minimum Gasteiger partial charge on any atom is -0.381 e. The van der Waals surface area contributed by atoms with Crippen molar-refractivity contribution in [2.45, 2.75) is 26.0 Å². The fourth-order valence-corrected chi connectivity index (χ4v) is 1.13. The monoisotopic (exact) mass is 145 g/mol. The van der Waals surface area contributed by atoms with E-state index in [1.165, 1.54) is 0 Å². The van der Waals surface area contributed by atoms with Crippen LogP contribution in [0, 0.1) is 5.41 Å². The lowest BCUT2D eigenvalue weighted by Gasteiger charge is -2.35. The van der Waals surface area contributed by atoms with Crippen LogP contribution in [-0.4, -0.2) is 24.5 Å². The van der Waals surface area contributed by atoms with Crippen LogP contribution in [-0.2, 0) is 4.74 Å². The number of hydrogen-bond donors (Lipinski definition) is 2. The smallest absolute Gasteiger partial charge is 0.108 e. The minimum absolute atomic E-state index is 0.113. The number of rotatable bonds is 1. The normalized spacial score (nSPS) is 27.9. The van der Waals surface area contributed by atoms with E-state index in [4.69, 9.17) is 15.6 Å². The number of aliphatic hydroxyl groups is 1. The molecule has 0 bridgehead atoms. The van der Waals surface area contributed by atoms with Gasteiger partial charge in [-0.2, -0.15) is 0 Å². The van der Waals surface area contributed by atoms with E-state index in [1.54, 1.807) is 0 Å². The van der Waals surface area contributed by atoms with Gasteiger partial charge in [0.1, 0.15) is 6.23 Å². The van der Waals surface area contributed by atoms with Gasteiger partial charge in [-0.05, 0) is 12.8 Å². The molecule has 1 aliphatic rings. The Balaban J connectivity index is 2.48. The molecular formula is C7H15NO2. The van der Waals surface area contributed by atoms with E-state index in [-0.39, 0.29) is 5.41 Å². The van der Waals surface area contributed by atoms with Crippen LogP contribution in [0.15, 0.2) is 0 Å². The van der Waals surface area contributed by atoms with Crippen LogP contribution < -0.4 is 5.73 Å². The second kappa shape index (κ2) is 2.86. The molecule has 0 saturated carbocycles. The van der Waals surface area contributed by atoms with Crippen LogP contribution in [0.4, 0.5) is 0 Å². The number of nitrogens with two attached hydrogens (primary N) is 1. The first-order valence-electron chi connectivity index (χ1n) is 3.66. The van der Waals surface area contributed by atoms with Crippen molar-refractivity contribution in [3.8, 4) is 0 Å². The third-order valence-electron chi connectivity index (χ3n) is 2.35. The molecule has 0 amide bonds. The van der Waals surface area contributed by atoms with Gasteiger partial charge in [0.15, 0.2) is 0 Å². The van der Waals surface area contributed by atoms with Crippen molar-refractivity contribution in [3.63, 3.8) is 0 Å². The number of hydrogen-bond acceptors (Lipinski definition) is 3. The highest BCUT2D eigenvalue weighted by atomic mass is 16.5. The summed E-state index contributed by atoms with van der Waals surface area (Å²) in [6.07, 6.45) is 1.03. The summed E-state index contributed by atoms with van der Waals surface area (Å²) in [5.74, 6) is 0. The molecule has 1 atom stereocenters. The lowest BCUT2D eigenvalue weighted by Crippen LogP contribution is -2.43. The molecule has 0 aromatic rings. The average Bonchev–Trinajstić information content (AvgIpc) is 1.89. The summed E-state index contributed by atoms with van der Waals surface area (Å²) in [7, 11) is 0. The summed E-state index contributed by atoms with van der Waals surface area (Å²) < 4.78 is 5.15. The maximum atomic E-state index is 9.16. The zero-order valence-corrected chi connectivity index (χ0v) is 6.34. The third-order valence-corrected chi connectivity index (χ3v) is 2.35. The Labute approximate surface area is 61.2 Å². The van der Waals surface area contributed by atoms with Crippen molar-refractivity contribution >= 4 is 0 Å². The molecule has 0 spiro atoms. The zero-order chi connectivity index (χ0) is 7.61. The van der Waals surface area contributed by atoms with Crippen molar-refractivity contribution in [1.82, 2.24) is 0 Å². The lowest BCUT2D eigenvalue weighted by molar-refractivity contribution is -0.0481. The summed E-state index contributed by atoms with van der Waals surface area (Å²) in [6, 6.07) is 0. The molecule has 1 saturated heterocycles. The molecule has 3 N–H and O–H groups in total. The summed E-state index contributed by atoms with van der Waals surface area (Å²) in [5, 5.41) is 9.16. The van der Waals surface area contributed by atoms with E-state index in [0.29, 0.717) is 0 Å². The quantitative estimate of drug-likeness (QED) is 0.514. The van der Waals surface area contributed by atoms with Gasteiger partial charge in [-0.15, -0.1) is 0 Å². The first kappa shape index (κ1) is 7.98. The van der Waals surface area contributed by atoms with Crippen molar-refractivity contribution in [2.24, 2.45) is 11.1 Å². The van der Waals surface area contributed by atoms with Crippen molar-refractivity contribution in [2.75, 3.05) is 13.2 Å². The summed E-state index contributed by atoms with van der Waals surface area (Å²) in [4.78, 5) is 0. The molecule has 60 valence electrons. The summed E-state index contributed by atoms with van der Waals surface area (Å²) in [6.45, 7) is 3.45. The van der Waals surface area contributed by atoms with E-state index < -0.39 is 6.23 Å². The largest absolute Gasteiger partial charge is 0.381 e. The Kier molecular flexibility index (Phi) is 2.28. The molecule has 10 heavy (non-hydrogen) atoms. The maximum Gasteiger partial charge on any atom is 0.108 e. The van der Waals surface area contributed by atoms with Gasteiger partial charge in [0.25, 0.3) is 0 Å². The van der Waals surface area contributed by atoms with Crippen LogP contribution in [0.2, 0.25) is 0 Å². The molecule has 0 aromatic carbocycles. The molecule has 1 fully saturated rings. The lowest BCUT2D eigenvalue weighted by atomic mass is 9.81. The molecule has 0 aromatic heterocycles. The average molecular weight is 145 g/mol. The fourth-order valence-electron chi connectivity index (χ4n) is 1.13. The van der Waals surface area contributed by atoms with Crippen LogP contribution in [0.1, 0.15) is 19.8 Å². The third kappa shape index (κ3) is 1.48. The van der Waals surface area contributed by atoms with Gasteiger partial charge >= 0.3 is 0 Å². The highest BCUT2D eigenvalue weighted by molar-refractivity contribution is 4.80. The van der Waals surface area contributed by atoms with Crippen molar-refractivity contribution < 1.29 is 9.84 Å². The molecular weight excluding hydrogens is 130 g/mol. The SMILES string of the molecule is CC1(C(N)O)CCOCC1. The van der Waals surface area contributed by atoms with Gasteiger partial charge in [0.05, 0.1) is 0 Å². The van der Waals surface area contributed by atoms with Crippen LogP contribution in [0.3, 0.4) is 0 Å². The standard InChI is InChI=1S/C7H15NO2/c1-7(6(8)9)2-4-10-5-3-7/h6,9H,2-5,8H2,1H3. The van der Waals surface area contributed by atoms with E-state index >= 15 is 0 Å². The van der Waals surface area contributed by atoms with E-state index in [2.05, 4.69) is 0 Å². The van der Waals surface area contributed by atoms with Crippen LogP contribution >= 0.6 is 0 Å². The topological polar surface area (TPSA) is 55.5 Å². The summed E-state index contributed by atoms with van der Waals surface area (Å²) in [5.41, 5.74) is 5.29. The van der Waals surface area contributed by atoms with Gasteiger partial charge in [-0.1, -0.05) is 6.92 Å². The summed E-state index contributed by atoms with van der Waals surface area (Å²) >= 11 is 0. The van der Waals surface area contributed by atoms with E-state index in [9.17, 15) is 0 Å². The molecule has 1 unspecified atom stereocenters. The van der Waals surface area contributed by atoms with Gasteiger partial charge < -0.3 is 15.6 Å². The van der Waals surface area contributed by atoms with Gasteiger partial charge in [-0.25, -0.2) is 0 Å². The van der Waals surface area contributed by atoms with Gasteiger partial charge in [0.2, 0.25) is 0 Å². The Morgan fingerprint density at radius 2 is 2.00 bits per heavy atom. The predicted octanol–water partition coefficient (Wildman–Crippen LogP) is 0.0802. The highest BCUT2D eigenvalue weighted by Gasteiger charge is 2.32. The molecule has 1 heterocycles. The molecule has 1 aliphatic heterocycles. The second-order valence-corrected chi connectivity index (χ2v) is 3.21. The minimum atomic E-state index is -0.698. The first-order chi connectivity index (χ1) is 4.65. The van der Waals surface area contributed by atoms with E-state index in [0.717, 1.165) is 26.1 Å². The Morgan fingerprint density at radius 3 is 2.30 bits per heavy atom. The number of ether oxygens (including phenoxy) is 1. The van der Waals surface area contributed by atoms with Crippen molar-refractivity contribution in [1.29, 1.82) is 0 Å². The van der Waals surface area contributed by atoms with Gasteiger partial charge in [0, 0.05) is 18.6 Å². The molecule has 0 radical (unpaired) electrons. The van der Waals surface area contributed by atoms with Crippen molar-refractivity contribution in [3.05, 3.63) is 0 Å². The molecule has 3 heteroatoms. The van der Waals surface area contributed by atoms with E-state index in [1.807, 2.05) is 6.92 Å². The Morgan fingerprint density at radius 1 is 1.50 bits per heavy atom. The molecule has 1 rings (SSSR count). The maximum absolute atomic E-state index is 9.16. The zero-order valence-electron chi connectivity index (χ0n) is 6.34. The molecule has 0 aliphatic carbocycles. The first-order valence-corrected chi connectivity index (χ1v) is 3.66. The number of aliphatic hydroxyl groups excluding tert-OH is 1. The predicted molar refractivity (Wildman–Crippen MR) is 38.4 cm³/mol. The highest BCUT2D eigenvalue weighted by Crippen LogP contribution is 2.31. The fraction of sp³-hybridized carbons (Fsp3) is 1.00. The Bertz CT molecular complexity index is 108. The second-order valence-electron chi connectivity index (χ2n) is 3.21. The van der Waals surface area contributed by atoms with Crippen LogP contribution in [0.5, 0.6) is 0 Å². The molecule has 3 nitrogen and oxygen atoms in total. The Hall–Kier alpha value is -0.120.